The fraction of sp³-hybridized carbons (Fsp3) is 0.615. The first kappa shape index (κ1) is 14.3. The summed E-state index contributed by atoms with van der Waals surface area (Å²) in [6.07, 6.45) is 4.02. The van der Waals surface area contributed by atoms with Gasteiger partial charge in [-0.05, 0) is 32.8 Å². The van der Waals surface area contributed by atoms with E-state index in [1.165, 1.54) is 11.8 Å². The van der Waals surface area contributed by atoms with Crippen molar-refractivity contribution in [2.75, 3.05) is 12.4 Å². The molecule has 1 saturated carbocycles. The molecule has 6 heteroatoms. The Morgan fingerprint density at radius 2 is 2.42 bits per heavy atom. The molecule has 1 aromatic rings. The van der Waals surface area contributed by atoms with E-state index in [1.807, 2.05) is 19.9 Å². The lowest BCUT2D eigenvalue weighted by Crippen LogP contribution is -2.41. The van der Waals surface area contributed by atoms with Gasteiger partial charge in [-0.3, -0.25) is 4.79 Å². The molecule has 1 aromatic heterocycles. The summed E-state index contributed by atoms with van der Waals surface area (Å²) in [6.45, 7) is 4.16. The molecule has 0 aliphatic heterocycles. The van der Waals surface area contributed by atoms with Gasteiger partial charge >= 0.3 is 5.97 Å². The van der Waals surface area contributed by atoms with Gasteiger partial charge in [-0.15, -0.1) is 0 Å². The van der Waals surface area contributed by atoms with Crippen LogP contribution < -0.4 is 5.32 Å². The Morgan fingerprint density at radius 1 is 1.63 bits per heavy atom. The molecule has 2 rings (SSSR count). The van der Waals surface area contributed by atoms with Crippen molar-refractivity contribution < 1.29 is 9.53 Å². The molecule has 0 spiro atoms. The van der Waals surface area contributed by atoms with E-state index in [0.717, 1.165) is 18.5 Å². The van der Waals surface area contributed by atoms with Gasteiger partial charge in [0.25, 0.3) is 0 Å². The zero-order valence-corrected chi connectivity index (χ0v) is 12.1. The highest BCUT2D eigenvalue weighted by molar-refractivity contribution is 7.99. The summed E-state index contributed by atoms with van der Waals surface area (Å²) in [4.78, 5) is 20.4. The van der Waals surface area contributed by atoms with Gasteiger partial charge in [0.15, 0.2) is 5.16 Å². The van der Waals surface area contributed by atoms with Gasteiger partial charge in [0.2, 0.25) is 0 Å². The quantitative estimate of drug-likeness (QED) is 0.465. The summed E-state index contributed by atoms with van der Waals surface area (Å²) in [5.74, 6) is 0.410. The van der Waals surface area contributed by atoms with E-state index in [-0.39, 0.29) is 12.0 Å². The van der Waals surface area contributed by atoms with Crippen molar-refractivity contribution in [2.45, 2.75) is 43.9 Å². The zero-order chi connectivity index (χ0) is 13.7. The smallest absolute Gasteiger partial charge is 0.324 e. The number of hydrogen-bond donors (Lipinski definition) is 1. The van der Waals surface area contributed by atoms with Crippen LogP contribution in [0.5, 0.6) is 0 Å². The van der Waals surface area contributed by atoms with Crippen LogP contribution in [0, 0.1) is 6.92 Å². The highest BCUT2D eigenvalue weighted by Crippen LogP contribution is 2.21. The van der Waals surface area contributed by atoms with Crippen molar-refractivity contribution in [1.82, 2.24) is 15.3 Å². The summed E-state index contributed by atoms with van der Waals surface area (Å²) in [5, 5.41) is 4.01. The minimum absolute atomic E-state index is 0.186. The number of nitrogens with zero attached hydrogens (tertiary/aromatic N) is 2. The highest BCUT2D eigenvalue weighted by atomic mass is 32.2. The number of nitrogens with one attached hydrogen (secondary N) is 1. The van der Waals surface area contributed by atoms with E-state index in [0.29, 0.717) is 23.6 Å². The summed E-state index contributed by atoms with van der Waals surface area (Å²) < 4.78 is 5.09. The molecule has 1 aliphatic carbocycles. The number of rotatable bonds is 7. The van der Waals surface area contributed by atoms with E-state index >= 15 is 0 Å². The average Bonchev–Trinajstić information content (AvgIpc) is 3.18. The van der Waals surface area contributed by atoms with Crippen LogP contribution in [-0.2, 0) is 9.53 Å². The van der Waals surface area contributed by atoms with Gasteiger partial charge in [-0.25, -0.2) is 9.97 Å². The van der Waals surface area contributed by atoms with Gasteiger partial charge in [0.05, 0.1) is 6.61 Å². The first-order chi connectivity index (χ1) is 9.19. The fourth-order valence-corrected chi connectivity index (χ4v) is 2.51. The number of carbonyl (C=O) groups is 1. The van der Waals surface area contributed by atoms with Crippen molar-refractivity contribution in [3.8, 4) is 0 Å². The third-order valence-corrected chi connectivity index (χ3v) is 3.69. The molecule has 1 atom stereocenters. The predicted molar refractivity (Wildman–Crippen MR) is 74.1 cm³/mol. The molecular weight excluding hydrogens is 262 g/mol. The van der Waals surface area contributed by atoms with Gasteiger partial charge in [0, 0.05) is 23.7 Å². The van der Waals surface area contributed by atoms with E-state index in [2.05, 4.69) is 15.3 Å². The van der Waals surface area contributed by atoms with Crippen molar-refractivity contribution >= 4 is 17.7 Å². The first-order valence-corrected chi connectivity index (χ1v) is 7.52. The van der Waals surface area contributed by atoms with Crippen LogP contribution in [0.3, 0.4) is 0 Å². The molecular formula is C13H19N3O2S. The second-order valence-corrected chi connectivity index (χ2v) is 5.52. The van der Waals surface area contributed by atoms with E-state index in [4.69, 9.17) is 4.74 Å². The SMILES string of the molecule is CCOC(=O)C(CSc1nccc(C)n1)NC1CC1. The van der Waals surface area contributed by atoms with Crippen LogP contribution >= 0.6 is 11.8 Å². The predicted octanol–water partition coefficient (Wildman–Crippen LogP) is 1.56. The van der Waals surface area contributed by atoms with Crippen LogP contribution in [0.1, 0.15) is 25.5 Å². The third-order valence-electron chi connectivity index (χ3n) is 2.74. The molecule has 1 aliphatic rings. The first-order valence-electron chi connectivity index (χ1n) is 6.54. The van der Waals surface area contributed by atoms with Crippen LogP contribution in [-0.4, -0.2) is 40.4 Å². The molecule has 1 fully saturated rings. The molecule has 0 saturated heterocycles. The van der Waals surface area contributed by atoms with Crippen molar-refractivity contribution in [3.63, 3.8) is 0 Å². The van der Waals surface area contributed by atoms with E-state index in [1.54, 1.807) is 6.20 Å². The van der Waals surface area contributed by atoms with E-state index < -0.39 is 0 Å². The molecule has 19 heavy (non-hydrogen) atoms. The molecule has 5 nitrogen and oxygen atoms in total. The van der Waals surface area contributed by atoms with Gasteiger partial charge < -0.3 is 10.1 Å². The summed E-state index contributed by atoms with van der Waals surface area (Å²) in [5.41, 5.74) is 0.931. The Kier molecular flexibility index (Phi) is 5.15. The lowest BCUT2D eigenvalue weighted by molar-refractivity contribution is -0.145. The van der Waals surface area contributed by atoms with Gasteiger partial charge in [-0.2, -0.15) is 0 Å². The second-order valence-electron chi connectivity index (χ2n) is 4.54. The molecule has 0 aromatic carbocycles. The topological polar surface area (TPSA) is 64.1 Å². The maximum Gasteiger partial charge on any atom is 0.324 e. The summed E-state index contributed by atoms with van der Waals surface area (Å²) in [6, 6.07) is 2.05. The Morgan fingerprint density at radius 3 is 3.05 bits per heavy atom. The Bertz CT molecular complexity index is 438. The molecule has 0 radical (unpaired) electrons. The third kappa shape index (κ3) is 4.80. The number of thioether (sulfide) groups is 1. The minimum atomic E-state index is -0.276. The molecule has 104 valence electrons. The lowest BCUT2D eigenvalue weighted by Gasteiger charge is -2.16. The van der Waals surface area contributed by atoms with Crippen LogP contribution in [0.25, 0.3) is 0 Å². The number of carbonyl (C=O) groups excluding carboxylic acids is 1. The average molecular weight is 281 g/mol. The minimum Gasteiger partial charge on any atom is -0.465 e. The second kappa shape index (κ2) is 6.86. The molecule has 1 heterocycles. The van der Waals surface area contributed by atoms with E-state index in [9.17, 15) is 4.79 Å². The number of ether oxygens (including phenoxy) is 1. The highest BCUT2D eigenvalue weighted by Gasteiger charge is 2.29. The monoisotopic (exact) mass is 281 g/mol. The van der Waals surface area contributed by atoms with Crippen LogP contribution in [0.4, 0.5) is 0 Å². The fourth-order valence-electron chi connectivity index (χ4n) is 1.61. The number of hydrogen-bond acceptors (Lipinski definition) is 6. The summed E-state index contributed by atoms with van der Waals surface area (Å²) >= 11 is 1.48. The maximum absolute atomic E-state index is 11.9. The number of aromatic nitrogens is 2. The number of esters is 1. The largest absolute Gasteiger partial charge is 0.465 e. The lowest BCUT2D eigenvalue weighted by atomic mass is 10.3. The Hall–Kier alpha value is -1.14. The molecule has 1 unspecified atom stereocenters. The van der Waals surface area contributed by atoms with Crippen molar-refractivity contribution in [2.24, 2.45) is 0 Å². The summed E-state index contributed by atoms with van der Waals surface area (Å²) in [7, 11) is 0. The van der Waals surface area contributed by atoms with Gasteiger partial charge in [-0.1, -0.05) is 11.8 Å². The normalized spacial score (nSPS) is 16.1. The van der Waals surface area contributed by atoms with Gasteiger partial charge in [0.1, 0.15) is 6.04 Å². The van der Waals surface area contributed by atoms with Crippen LogP contribution in [0.2, 0.25) is 0 Å². The van der Waals surface area contributed by atoms with Crippen molar-refractivity contribution in [1.29, 1.82) is 0 Å². The number of aryl methyl sites for hydroxylation is 1. The van der Waals surface area contributed by atoms with Crippen LogP contribution in [0.15, 0.2) is 17.4 Å². The molecule has 0 bridgehead atoms. The Labute approximate surface area is 117 Å². The maximum atomic E-state index is 11.9. The Balaban J connectivity index is 1.89. The standard InChI is InChI=1S/C13H19N3O2S/c1-3-18-12(17)11(16-10-4-5-10)8-19-13-14-7-6-9(2)15-13/h6-7,10-11,16H,3-5,8H2,1-2H3. The van der Waals surface area contributed by atoms with Crippen molar-refractivity contribution in [3.05, 3.63) is 18.0 Å². The molecule has 1 N–H and O–H groups in total. The molecule has 0 amide bonds. The zero-order valence-electron chi connectivity index (χ0n) is 11.3.